The monoisotopic (exact) mass is 256 g/mol. The maximum absolute atomic E-state index is 12.2. The summed E-state index contributed by atoms with van der Waals surface area (Å²) in [7, 11) is 1.51. The molecule has 0 aromatic heterocycles. The van der Waals surface area contributed by atoms with E-state index in [1.165, 1.54) is 7.11 Å². The van der Waals surface area contributed by atoms with Gasteiger partial charge in [-0.15, -0.1) is 0 Å². The summed E-state index contributed by atoms with van der Waals surface area (Å²) in [4.78, 5) is 12.2. The van der Waals surface area contributed by atoms with E-state index in [0.29, 0.717) is 0 Å². The van der Waals surface area contributed by atoms with Gasteiger partial charge in [0.1, 0.15) is 0 Å². The van der Waals surface area contributed by atoms with Crippen LogP contribution in [0.1, 0.15) is 73.6 Å². The van der Waals surface area contributed by atoms with E-state index in [-0.39, 0.29) is 22.7 Å². The molecule has 2 nitrogen and oxygen atoms in total. The Balaban J connectivity index is 5.19. The fourth-order valence-corrected chi connectivity index (χ4v) is 2.53. The lowest BCUT2D eigenvalue weighted by atomic mass is 9.65. The fourth-order valence-electron chi connectivity index (χ4n) is 2.53. The molecule has 0 aliphatic carbocycles. The van der Waals surface area contributed by atoms with E-state index >= 15 is 0 Å². The second-order valence-corrected chi connectivity index (χ2v) is 6.16. The van der Waals surface area contributed by atoms with Gasteiger partial charge in [0.15, 0.2) is 0 Å². The van der Waals surface area contributed by atoms with Gasteiger partial charge < -0.3 is 4.74 Å². The number of hydrogen-bond acceptors (Lipinski definition) is 2. The van der Waals surface area contributed by atoms with Gasteiger partial charge in [0, 0.05) is 0 Å². The Morgan fingerprint density at radius 1 is 1.00 bits per heavy atom. The summed E-state index contributed by atoms with van der Waals surface area (Å²) in [6, 6.07) is 0. The zero-order valence-corrected chi connectivity index (χ0v) is 13.4. The van der Waals surface area contributed by atoms with Crippen LogP contribution in [0.2, 0.25) is 0 Å². The predicted octanol–water partition coefficient (Wildman–Crippen LogP) is 4.82. The first kappa shape index (κ1) is 17.5. The molecular formula is C16H32O2. The largest absolute Gasteiger partial charge is 0.469 e. The first-order valence-corrected chi connectivity index (χ1v) is 7.40. The predicted molar refractivity (Wildman–Crippen MR) is 77.5 cm³/mol. The molecule has 2 heteroatoms. The van der Waals surface area contributed by atoms with Crippen LogP contribution < -0.4 is 0 Å². The summed E-state index contributed by atoms with van der Waals surface area (Å²) >= 11 is 0. The third-order valence-corrected chi connectivity index (χ3v) is 5.35. The van der Waals surface area contributed by atoms with E-state index < -0.39 is 0 Å². The Labute approximate surface area is 113 Å². The first-order valence-electron chi connectivity index (χ1n) is 7.40. The van der Waals surface area contributed by atoms with Crippen LogP contribution in [0.15, 0.2) is 0 Å². The maximum atomic E-state index is 12.2. The van der Waals surface area contributed by atoms with Crippen LogP contribution in [0.5, 0.6) is 0 Å². The van der Waals surface area contributed by atoms with Crippen LogP contribution in [0, 0.1) is 16.7 Å². The average Bonchev–Trinajstić information content (AvgIpc) is 2.42. The summed E-state index contributed by atoms with van der Waals surface area (Å²) in [5, 5.41) is 0. The molecule has 108 valence electrons. The third kappa shape index (κ3) is 4.00. The molecule has 0 saturated carbocycles. The number of rotatable bonds is 8. The van der Waals surface area contributed by atoms with E-state index in [0.717, 1.165) is 32.1 Å². The van der Waals surface area contributed by atoms with Gasteiger partial charge in [-0.2, -0.15) is 0 Å². The van der Waals surface area contributed by atoms with Crippen molar-refractivity contribution in [3.8, 4) is 0 Å². The van der Waals surface area contributed by atoms with Gasteiger partial charge in [0.25, 0.3) is 0 Å². The van der Waals surface area contributed by atoms with Crippen LogP contribution in [-0.4, -0.2) is 13.1 Å². The van der Waals surface area contributed by atoms with Gasteiger partial charge in [0.05, 0.1) is 13.0 Å². The lowest BCUT2D eigenvalue weighted by Crippen LogP contribution is -2.37. The molecule has 0 radical (unpaired) electrons. The highest BCUT2D eigenvalue weighted by Crippen LogP contribution is 2.44. The lowest BCUT2D eigenvalue weighted by molar-refractivity contribution is -0.152. The molecule has 1 unspecified atom stereocenters. The summed E-state index contributed by atoms with van der Waals surface area (Å²) in [5.41, 5.74) is 0.295. The molecular weight excluding hydrogens is 224 g/mol. The highest BCUT2D eigenvalue weighted by Gasteiger charge is 2.40. The molecule has 1 atom stereocenters. The van der Waals surface area contributed by atoms with Crippen molar-refractivity contribution in [2.75, 3.05) is 7.11 Å². The highest BCUT2D eigenvalue weighted by atomic mass is 16.5. The van der Waals surface area contributed by atoms with Crippen molar-refractivity contribution in [3.63, 3.8) is 0 Å². The topological polar surface area (TPSA) is 26.3 Å². The van der Waals surface area contributed by atoms with E-state index in [2.05, 4.69) is 41.5 Å². The number of carbonyl (C=O) groups excluding carboxylic acids is 1. The molecule has 0 aliphatic heterocycles. The van der Waals surface area contributed by atoms with Gasteiger partial charge in [-0.05, 0) is 30.1 Å². The Hall–Kier alpha value is -0.530. The summed E-state index contributed by atoms with van der Waals surface area (Å²) in [6.45, 7) is 13.3. The van der Waals surface area contributed by atoms with E-state index in [1.807, 2.05) is 0 Å². The smallest absolute Gasteiger partial charge is 0.309 e. The Bertz CT molecular complexity index is 250. The van der Waals surface area contributed by atoms with E-state index in [9.17, 15) is 4.79 Å². The minimum atomic E-state index is -0.0330. The molecule has 0 heterocycles. The number of hydrogen-bond donors (Lipinski definition) is 0. The maximum Gasteiger partial charge on any atom is 0.309 e. The molecule has 0 fully saturated rings. The molecule has 0 amide bonds. The normalized spacial score (nSPS) is 14.4. The Morgan fingerprint density at radius 2 is 1.44 bits per heavy atom. The van der Waals surface area contributed by atoms with Crippen molar-refractivity contribution in [2.24, 2.45) is 16.7 Å². The Kier molecular flexibility index (Phi) is 6.94. The summed E-state index contributed by atoms with van der Waals surface area (Å²) in [6.07, 6.45) is 5.20. The lowest BCUT2D eigenvalue weighted by Gasteiger charge is -2.40. The quantitative estimate of drug-likeness (QED) is 0.582. The fraction of sp³-hybridized carbons (Fsp3) is 0.938. The Morgan fingerprint density at radius 3 is 1.72 bits per heavy atom. The van der Waals surface area contributed by atoms with Gasteiger partial charge in [-0.25, -0.2) is 0 Å². The number of carbonyl (C=O) groups is 1. The van der Waals surface area contributed by atoms with Crippen molar-refractivity contribution in [3.05, 3.63) is 0 Å². The van der Waals surface area contributed by atoms with Gasteiger partial charge in [-0.1, -0.05) is 54.4 Å². The van der Waals surface area contributed by atoms with E-state index in [1.54, 1.807) is 0 Å². The second kappa shape index (κ2) is 7.16. The first-order chi connectivity index (χ1) is 8.32. The third-order valence-electron chi connectivity index (χ3n) is 5.35. The zero-order valence-electron chi connectivity index (χ0n) is 13.4. The van der Waals surface area contributed by atoms with Crippen LogP contribution >= 0.6 is 0 Å². The molecule has 0 bridgehead atoms. The minimum Gasteiger partial charge on any atom is -0.469 e. The van der Waals surface area contributed by atoms with Crippen LogP contribution in [0.3, 0.4) is 0 Å². The molecule has 0 N–H and O–H groups in total. The number of ether oxygens (including phenoxy) is 1. The van der Waals surface area contributed by atoms with E-state index in [4.69, 9.17) is 4.74 Å². The molecule has 0 aliphatic rings. The summed E-state index contributed by atoms with van der Waals surface area (Å²) in [5.74, 6) is -0.0169. The van der Waals surface area contributed by atoms with Crippen molar-refractivity contribution in [2.45, 2.75) is 73.6 Å². The van der Waals surface area contributed by atoms with Gasteiger partial charge in [-0.3, -0.25) is 4.79 Å². The standard InChI is InChI=1S/C16H32O2/c1-8-15(5,9-2)12-13(14(17)18-7)16(6,10-3)11-4/h13H,8-12H2,1-7H3. The highest BCUT2D eigenvalue weighted by molar-refractivity contribution is 5.73. The minimum absolute atomic E-state index is 0.0161. The van der Waals surface area contributed by atoms with Crippen LogP contribution in [0.25, 0.3) is 0 Å². The average molecular weight is 256 g/mol. The van der Waals surface area contributed by atoms with Crippen LogP contribution in [-0.2, 0) is 9.53 Å². The SMILES string of the molecule is CCC(C)(CC)CC(C(=O)OC)C(C)(CC)CC. The molecule has 0 spiro atoms. The van der Waals surface area contributed by atoms with Crippen LogP contribution in [0.4, 0.5) is 0 Å². The summed E-state index contributed by atoms with van der Waals surface area (Å²) < 4.78 is 5.06. The molecule has 18 heavy (non-hydrogen) atoms. The van der Waals surface area contributed by atoms with Crippen molar-refractivity contribution in [1.82, 2.24) is 0 Å². The number of methoxy groups -OCH3 is 1. The van der Waals surface area contributed by atoms with Crippen molar-refractivity contribution < 1.29 is 9.53 Å². The van der Waals surface area contributed by atoms with Crippen molar-refractivity contribution in [1.29, 1.82) is 0 Å². The molecule has 0 aromatic carbocycles. The molecule has 0 rings (SSSR count). The van der Waals surface area contributed by atoms with Gasteiger partial charge in [0.2, 0.25) is 0 Å². The zero-order chi connectivity index (χ0) is 14.4. The number of esters is 1. The molecule has 0 saturated heterocycles. The van der Waals surface area contributed by atoms with Gasteiger partial charge >= 0.3 is 5.97 Å². The van der Waals surface area contributed by atoms with Crippen molar-refractivity contribution >= 4 is 5.97 Å². The second-order valence-electron chi connectivity index (χ2n) is 6.16. The molecule has 0 aromatic rings.